The Morgan fingerprint density at radius 3 is 2.16 bits per heavy atom. The molecule has 0 spiro atoms. The summed E-state index contributed by atoms with van der Waals surface area (Å²) in [7, 11) is 0.108. The van der Waals surface area contributed by atoms with Gasteiger partial charge in [-0.2, -0.15) is 0 Å². The highest BCUT2D eigenvalue weighted by atomic mass is 28.3. The van der Waals surface area contributed by atoms with Crippen molar-refractivity contribution in [1.29, 1.82) is 0 Å². The van der Waals surface area contributed by atoms with Crippen molar-refractivity contribution in [3.63, 3.8) is 0 Å². The summed E-state index contributed by atoms with van der Waals surface area (Å²) in [5.74, 6) is -0.327. The molecule has 3 N–H and O–H groups in total. The molecular weight excluding hydrogens is 422 g/mol. The fourth-order valence-corrected chi connectivity index (χ4v) is 4.26. The molecule has 1 aromatic heterocycles. The number of nitrogens with zero attached hydrogens (tertiary/aromatic N) is 1. The Kier molecular flexibility index (Phi) is 6.94. The first-order valence-corrected chi connectivity index (χ1v) is 13.7. The van der Waals surface area contributed by atoms with Crippen molar-refractivity contribution < 1.29 is 19.4 Å². The standard InChI is InChI=1S/C24H27N3O4Si/c1-31-19-10-5-16(6-11-19)22(27-23(29)21-14-9-18(28)15-25-21)24(30)26-17-7-12-20(13-8-17)32(2,3)4/h5-15,22,28H,1-4H3,(H,26,30)(H,27,29). The third-order valence-electron chi connectivity index (χ3n) is 4.99. The number of aromatic hydroxyl groups is 1. The Morgan fingerprint density at radius 1 is 0.969 bits per heavy atom. The first kappa shape index (κ1) is 23.0. The van der Waals surface area contributed by atoms with Crippen LogP contribution in [0.4, 0.5) is 5.69 Å². The third kappa shape index (κ3) is 5.73. The number of aromatic nitrogens is 1. The fourth-order valence-electron chi connectivity index (χ4n) is 3.09. The molecule has 1 heterocycles. The van der Waals surface area contributed by atoms with Crippen molar-refractivity contribution in [1.82, 2.24) is 10.3 Å². The molecule has 2 aromatic carbocycles. The number of ether oxygens (including phenoxy) is 1. The topological polar surface area (TPSA) is 101 Å². The Balaban J connectivity index is 1.84. The summed E-state index contributed by atoms with van der Waals surface area (Å²) in [4.78, 5) is 29.8. The van der Waals surface area contributed by atoms with E-state index in [1.165, 1.54) is 23.5 Å². The Hall–Kier alpha value is -3.65. The van der Waals surface area contributed by atoms with Crippen LogP contribution in [0.1, 0.15) is 22.1 Å². The van der Waals surface area contributed by atoms with Crippen molar-refractivity contribution in [2.45, 2.75) is 25.7 Å². The van der Waals surface area contributed by atoms with Crippen LogP contribution in [0.15, 0.2) is 66.9 Å². The van der Waals surface area contributed by atoms with Crippen LogP contribution in [0.2, 0.25) is 19.6 Å². The zero-order valence-electron chi connectivity index (χ0n) is 18.5. The van der Waals surface area contributed by atoms with E-state index >= 15 is 0 Å². The normalized spacial score (nSPS) is 12.0. The van der Waals surface area contributed by atoms with Gasteiger partial charge in [0.25, 0.3) is 11.8 Å². The van der Waals surface area contributed by atoms with Crippen molar-refractivity contribution in [3.05, 3.63) is 78.1 Å². The van der Waals surface area contributed by atoms with Gasteiger partial charge >= 0.3 is 0 Å². The summed E-state index contributed by atoms with van der Waals surface area (Å²) >= 11 is 0. The van der Waals surface area contributed by atoms with E-state index in [0.29, 0.717) is 17.0 Å². The number of hydrogen-bond acceptors (Lipinski definition) is 5. The molecule has 2 amide bonds. The lowest BCUT2D eigenvalue weighted by Gasteiger charge is -2.20. The highest BCUT2D eigenvalue weighted by molar-refractivity contribution is 6.88. The molecule has 3 aromatic rings. The zero-order valence-corrected chi connectivity index (χ0v) is 19.5. The molecule has 0 aliphatic carbocycles. The largest absolute Gasteiger partial charge is 0.506 e. The Labute approximate surface area is 188 Å². The molecule has 32 heavy (non-hydrogen) atoms. The molecule has 7 nitrogen and oxygen atoms in total. The number of nitrogens with one attached hydrogen (secondary N) is 2. The first-order chi connectivity index (χ1) is 15.2. The van der Waals surface area contributed by atoms with Gasteiger partial charge in [-0.25, -0.2) is 4.98 Å². The lowest BCUT2D eigenvalue weighted by molar-refractivity contribution is -0.118. The average molecular weight is 450 g/mol. The van der Waals surface area contributed by atoms with Crippen LogP contribution in [-0.4, -0.2) is 37.1 Å². The van der Waals surface area contributed by atoms with Gasteiger partial charge in [0, 0.05) is 5.69 Å². The molecular formula is C24H27N3O4Si. The summed E-state index contributed by atoms with van der Waals surface area (Å²) in [5.41, 5.74) is 1.33. The molecule has 0 radical (unpaired) electrons. The molecule has 3 rings (SSSR count). The molecule has 0 saturated heterocycles. The Bertz CT molecular complexity index is 1080. The maximum Gasteiger partial charge on any atom is 0.270 e. The molecule has 1 atom stereocenters. The minimum absolute atomic E-state index is 0.0484. The summed E-state index contributed by atoms with van der Waals surface area (Å²) in [6.07, 6.45) is 1.18. The van der Waals surface area contributed by atoms with Crippen molar-refractivity contribution >= 4 is 30.8 Å². The predicted molar refractivity (Wildman–Crippen MR) is 127 cm³/mol. The summed E-state index contributed by atoms with van der Waals surface area (Å²) < 4.78 is 5.19. The van der Waals surface area contributed by atoms with E-state index in [9.17, 15) is 14.7 Å². The monoisotopic (exact) mass is 449 g/mol. The van der Waals surface area contributed by atoms with Gasteiger partial charge < -0.3 is 20.5 Å². The molecule has 0 saturated carbocycles. The molecule has 1 unspecified atom stereocenters. The molecule has 8 heteroatoms. The van der Waals surface area contributed by atoms with E-state index in [0.717, 1.165) is 0 Å². The quantitative estimate of drug-likeness (QED) is 0.480. The van der Waals surface area contributed by atoms with Crippen molar-refractivity contribution in [2.75, 3.05) is 12.4 Å². The van der Waals surface area contributed by atoms with E-state index in [2.05, 4.69) is 35.3 Å². The van der Waals surface area contributed by atoms with Crippen LogP contribution in [0.25, 0.3) is 0 Å². The highest BCUT2D eigenvalue weighted by Crippen LogP contribution is 2.21. The van der Waals surface area contributed by atoms with E-state index < -0.39 is 20.0 Å². The maximum atomic E-state index is 13.2. The van der Waals surface area contributed by atoms with Crippen LogP contribution < -0.4 is 20.6 Å². The average Bonchev–Trinajstić information content (AvgIpc) is 2.77. The first-order valence-electron chi connectivity index (χ1n) is 10.2. The van der Waals surface area contributed by atoms with Gasteiger partial charge in [0.05, 0.1) is 21.4 Å². The van der Waals surface area contributed by atoms with Crippen molar-refractivity contribution in [2.24, 2.45) is 0 Å². The van der Waals surface area contributed by atoms with Crippen LogP contribution in [0.3, 0.4) is 0 Å². The van der Waals surface area contributed by atoms with Crippen LogP contribution in [0, 0.1) is 0 Å². The molecule has 0 aliphatic rings. The van der Waals surface area contributed by atoms with Gasteiger partial charge in [0.1, 0.15) is 23.2 Å². The van der Waals surface area contributed by atoms with Gasteiger partial charge in [-0.15, -0.1) is 0 Å². The van der Waals surface area contributed by atoms with Gasteiger partial charge in [0.15, 0.2) is 0 Å². The number of hydrogen-bond donors (Lipinski definition) is 3. The maximum absolute atomic E-state index is 13.2. The van der Waals surface area contributed by atoms with E-state index in [-0.39, 0.29) is 17.4 Å². The fraction of sp³-hybridized carbons (Fsp3) is 0.208. The highest BCUT2D eigenvalue weighted by Gasteiger charge is 2.24. The molecule has 0 aliphatic heterocycles. The number of carbonyl (C=O) groups is 2. The molecule has 166 valence electrons. The van der Waals surface area contributed by atoms with E-state index in [1.807, 2.05) is 24.3 Å². The zero-order chi connectivity index (χ0) is 23.3. The van der Waals surface area contributed by atoms with Crippen LogP contribution in [0.5, 0.6) is 11.5 Å². The number of benzene rings is 2. The van der Waals surface area contributed by atoms with Crippen LogP contribution >= 0.6 is 0 Å². The molecule has 0 bridgehead atoms. The lowest BCUT2D eigenvalue weighted by Crippen LogP contribution is -2.38. The summed E-state index contributed by atoms with van der Waals surface area (Å²) in [6.45, 7) is 6.77. The number of pyridine rings is 1. The number of amides is 2. The van der Waals surface area contributed by atoms with Gasteiger partial charge in [0.2, 0.25) is 0 Å². The number of anilines is 1. The minimum Gasteiger partial charge on any atom is -0.506 e. The number of methoxy groups -OCH3 is 1. The van der Waals surface area contributed by atoms with Crippen LogP contribution in [-0.2, 0) is 4.79 Å². The summed E-state index contributed by atoms with van der Waals surface area (Å²) in [6, 6.07) is 16.5. The number of carbonyl (C=O) groups excluding carboxylic acids is 2. The van der Waals surface area contributed by atoms with E-state index in [1.54, 1.807) is 31.4 Å². The third-order valence-corrected chi connectivity index (χ3v) is 7.05. The smallest absolute Gasteiger partial charge is 0.270 e. The predicted octanol–water partition coefficient (Wildman–Crippen LogP) is 3.45. The second-order valence-corrected chi connectivity index (χ2v) is 13.5. The minimum atomic E-state index is -1.45. The SMILES string of the molecule is COc1ccc(C(NC(=O)c2ccc(O)cn2)C(=O)Nc2ccc([Si](C)(C)C)cc2)cc1. The molecule has 0 fully saturated rings. The Morgan fingerprint density at radius 2 is 1.62 bits per heavy atom. The summed E-state index contributed by atoms with van der Waals surface area (Å²) in [5, 5.41) is 16.3. The van der Waals surface area contributed by atoms with Gasteiger partial charge in [-0.1, -0.05) is 49.1 Å². The van der Waals surface area contributed by atoms with Crippen molar-refractivity contribution in [3.8, 4) is 11.5 Å². The number of rotatable bonds is 7. The van der Waals surface area contributed by atoms with Gasteiger partial charge in [-0.3, -0.25) is 9.59 Å². The second kappa shape index (κ2) is 9.65. The van der Waals surface area contributed by atoms with E-state index in [4.69, 9.17) is 4.74 Å². The second-order valence-electron chi connectivity index (χ2n) is 8.40. The lowest BCUT2D eigenvalue weighted by atomic mass is 10.1. The van der Waals surface area contributed by atoms with Gasteiger partial charge in [-0.05, 0) is 42.0 Å².